The van der Waals surface area contributed by atoms with Crippen molar-refractivity contribution >= 4 is 15.4 Å². The van der Waals surface area contributed by atoms with Gasteiger partial charge >= 0.3 is 0 Å². The number of halogens is 2. The summed E-state index contributed by atoms with van der Waals surface area (Å²) in [6.45, 7) is 0. The van der Waals surface area contributed by atoms with E-state index in [2.05, 4.69) is 0 Å². The van der Waals surface area contributed by atoms with E-state index >= 15 is 0 Å². The molecule has 21 heavy (non-hydrogen) atoms. The fourth-order valence-electron chi connectivity index (χ4n) is 3.23. The molecule has 3 nitrogen and oxygen atoms in total. The maximum absolute atomic E-state index is 14.3. The number of fused-ring (bicyclic) bond motifs is 2. The molecule has 2 aliphatic rings. The number of hydrogen-bond acceptors (Lipinski definition) is 3. The van der Waals surface area contributed by atoms with Crippen molar-refractivity contribution in [1.82, 2.24) is 0 Å². The van der Waals surface area contributed by atoms with Crippen LogP contribution in [-0.4, -0.2) is 26.0 Å². The van der Waals surface area contributed by atoms with Gasteiger partial charge in [-0.25, -0.2) is 17.2 Å². The third-order valence-electron chi connectivity index (χ3n) is 4.33. The van der Waals surface area contributed by atoms with Crippen molar-refractivity contribution in [3.8, 4) is 5.75 Å². The van der Waals surface area contributed by atoms with E-state index in [4.69, 9.17) is 4.74 Å². The van der Waals surface area contributed by atoms with Crippen molar-refractivity contribution in [3.63, 3.8) is 0 Å². The zero-order valence-electron chi connectivity index (χ0n) is 11.6. The highest BCUT2D eigenvalue weighted by Crippen LogP contribution is 2.41. The molecule has 1 saturated heterocycles. The van der Waals surface area contributed by atoms with Gasteiger partial charge in [0.1, 0.15) is 5.82 Å². The van der Waals surface area contributed by atoms with E-state index in [1.807, 2.05) is 0 Å². The zero-order valence-corrected chi connectivity index (χ0v) is 12.4. The van der Waals surface area contributed by atoms with Crippen LogP contribution in [0.15, 0.2) is 18.2 Å². The average Bonchev–Trinajstić information content (AvgIpc) is 2.39. The second-order valence-electron chi connectivity index (χ2n) is 5.52. The maximum atomic E-state index is 14.3. The SMILES string of the molecule is COc1ccc(F)c(C2=CC3CCCC(C2)S3(=O)=O)c1F. The van der Waals surface area contributed by atoms with Gasteiger partial charge in [0.15, 0.2) is 21.4 Å². The summed E-state index contributed by atoms with van der Waals surface area (Å²) in [5.41, 5.74) is 0.287. The molecule has 0 amide bonds. The lowest BCUT2D eigenvalue weighted by Crippen LogP contribution is -2.38. The first kappa shape index (κ1) is 14.5. The molecule has 0 spiro atoms. The molecule has 0 aromatic heterocycles. The molecule has 1 aromatic carbocycles. The van der Waals surface area contributed by atoms with Crippen molar-refractivity contribution in [2.24, 2.45) is 0 Å². The summed E-state index contributed by atoms with van der Waals surface area (Å²) in [5.74, 6) is -1.48. The molecule has 1 fully saturated rings. The molecule has 0 saturated carbocycles. The van der Waals surface area contributed by atoms with Crippen molar-refractivity contribution < 1.29 is 21.9 Å². The first-order valence-corrected chi connectivity index (χ1v) is 8.52. The van der Waals surface area contributed by atoms with Gasteiger partial charge in [0, 0.05) is 0 Å². The zero-order chi connectivity index (χ0) is 15.2. The predicted octanol–water partition coefficient (Wildman–Crippen LogP) is 3.10. The summed E-state index contributed by atoms with van der Waals surface area (Å²) in [5, 5.41) is -1.15. The first-order chi connectivity index (χ1) is 9.95. The van der Waals surface area contributed by atoms with Gasteiger partial charge in [0.2, 0.25) is 0 Å². The Kier molecular flexibility index (Phi) is 3.51. The van der Waals surface area contributed by atoms with Gasteiger partial charge in [-0.05, 0) is 37.0 Å². The molecule has 2 aliphatic heterocycles. The van der Waals surface area contributed by atoms with Gasteiger partial charge in [0.25, 0.3) is 0 Å². The van der Waals surface area contributed by atoms with Crippen LogP contribution >= 0.6 is 0 Å². The van der Waals surface area contributed by atoms with E-state index in [0.717, 1.165) is 12.5 Å². The summed E-state index contributed by atoms with van der Waals surface area (Å²) in [6.07, 6.45) is 3.60. The molecule has 2 heterocycles. The van der Waals surface area contributed by atoms with Crippen LogP contribution in [0, 0.1) is 11.6 Å². The van der Waals surface area contributed by atoms with Gasteiger partial charge in [-0.15, -0.1) is 0 Å². The molecule has 1 aromatic rings. The standard InChI is InChI=1S/C15H16F2O3S/c1-20-13-6-5-12(16)14(15(13)17)9-7-10-3-2-4-11(8-9)21(10,18)19/h5-7,10-11H,2-4,8H2,1H3. The van der Waals surface area contributed by atoms with Crippen LogP contribution in [0.1, 0.15) is 31.2 Å². The molecule has 0 aliphatic carbocycles. The van der Waals surface area contributed by atoms with Crippen LogP contribution in [0.2, 0.25) is 0 Å². The first-order valence-electron chi connectivity index (χ1n) is 6.91. The molecule has 2 atom stereocenters. The van der Waals surface area contributed by atoms with Gasteiger partial charge in [-0.2, -0.15) is 0 Å². The van der Waals surface area contributed by atoms with Crippen LogP contribution in [-0.2, 0) is 9.84 Å². The van der Waals surface area contributed by atoms with Crippen LogP contribution in [0.25, 0.3) is 5.57 Å². The minimum absolute atomic E-state index is 0.0362. The minimum Gasteiger partial charge on any atom is -0.494 e. The quantitative estimate of drug-likeness (QED) is 0.842. The van der Waals surface area contributed by atoms with E-state index in [1.165, 1.54) is 19.3 Å². The normalized spacial score (nSPS) is 27.1. The van der Waals surface area contributed by atoms with Crippen LogP contribution in [0.4, 0.5) is 8.78 Å². The largest absolute Gasteiger partial charge is 0.494 e. The number of rotatable bonds is 2. The van der Waals surface area contributed by atoms with Gasteiger partial charge in [-0.1, -0.05) is 12.5 Å². The molecular formula is C15H16F2O3S. The molecule has 2 bridgehead atoms. The van der Waals surface area contributed by atoms with Gasteiger partial charge in [0.05, 0.1) is 23.2 Å². The highest BCUT2D eigenvalue weighted by Gasteiger charge is 2.41. The van der Waals surface area contributed by atoms with Crippen molar-refractivity contribution in [2.75, 3.05) is 7.11 Å². The van der Waals surface area contributed by atoms with Crippen LogP contribution in [0.3, 0.4) is 0 Å². The van der Waals surface area contributed by atoms with E-state index < -0.39 is 32.0 Å². The Balaban J connectivity index is 2.12. The molecule has 0 radical (unpaired) electrons. The Bertz CT molecular complexity index is 710. The lowest BCUT2D eigenvalue weighted by Gasteiger charge is -2.33. The molecular weight excluding hydrogens is 298 g/mol. The number of hydrogen-bond donors (Lipinski definition) is 0. The highest BCUT2D eigenvalue weighted by atomic mass is 32.2. The Morgan fingerprint density at radius 1 is 1.24 bits per heavy atom. The average molecular weight is 314 g/mol. The van der Waals surface area contributed by atoms with Crippen LogP contribution in [0.5, 0.6) is 5.75 Å². The molecule has 114 valence electrons. The van der Waals surface area contributed by atoms with Gasteiger partial charge in [-0.3, -0.25) is 0 Å². The van der Waals surface area contributed by atoms with Crippen molar-refractivity contribution in [1.29, 1.82) is 0 Å². The fourth-order valence-corrected chi connectivity index (χ4v) is 5.48. The van der Waals surface area contributed by atoms with E-state index in [9.17, 15) is 17.2 Å². The summed E-state index contributed by atoms with van der Waals surface area (Å²) in [4.78, 5) is 0. The van der Waals surface area contributed by atoms with E-state index in [1.54, 1.807) is 0 Å². The predicted molar refractivity (Wildman–Crippen MR) is 75.9 cm³/mol. The van der Waals surface area contributed by atoms with Crippen molar-refractivity contribution in [2.45, 2.75) is 36.2 Å². The number of methoxy groups -OCH3 is 1. The summed E-state index contributed by atoms with van der Waals surface area (Å²) < 4.78 is 57.7. The summed E-state index contributed by atoms with van der Waals surface area (Å²) in [6, 6.07) is 2.38. The molecule has 2 unspecified atom stereocenters. The maximum Gasteiger partial charge on any atom is 0.175 e. The minimum atomic E-state index is -3.20. The highest BCUT2D eigenvalue weighted by molar-refractivity contribution is 7.93. The Morgan fingerprint density at radius 3 is 2.67 bits per heavy atom. The fraction of sp³-hybridized carbons (Fsp3) is 0.467. The summed E-state index contributed by atoms with van der Waals surface area (Å²) >= 11 is 0. The number of ether oxygens (including phenoxy) is 1. The monoisotopic (exact) mass is 314 g/mol. The lowest BCUT2D eigenvalue weighted by molar-refractivity contribution is 0.383. The number of allylic oxidation sites excluding steroid dienone is 1. The Labute approximate surface area is 122 Å². The van der Waals surface area contributed by atoms with Crippen molar-refractivity contribution in [3.05, 3.63) is 35.4 Å². The van der Waals surface area contributed by atoms with Crippen LogP contribution < -0.4 is 4.74 Å². The molecule has 0 N–H and O–H groups in total. The van der Waals surface area contributed by atoms with Gasteiger partial charge < -0.3 is 4.74 Å². The Morgan fingerprint density at radius 2 is 2.00 bits per heavy atom. The molecule has 6 heteroatoms. The number of benzene rings is 1. The Hall–Kier alpha value is -1.43. The smallest absolute Gasteiger partial charge is 0.175 e. The third kappa shape index (κ3) is 2.25. The second-order valence-corrected chi connectivity index (χ2v) is 7.97. The third-order valence-corrected chi connectivity index (χ3v) is 6.88. The molecule has 3 rings (SSSR count). The van der Waals surface area contributed by atoms with E-state index in [0.29, 0.717) is 18.4 Å². The van der Waals surface area contributed by atoms with E-state index in [-0.39, 0.29) is 17.7 Å². The summed E-state index contributed by atoms with van der Waals surface area (Å²) in [7, 11) is -1.89. The second kappa shape index (κ2) is 5.09. The number of sulfone groups is 1. The lowest BCUT2D eigenvalue weighted by atomic mass is 9.92. The topological polar surface area (TPSA) is 43.4 Å².